The number of amides is 1. The van der Waals surface area contributed by atoms with E-state index < -0.39 is 6.04 Å². The molecule has 0 N–H and O–H groups in total. The molecule has 1 aromatic rings. The van der Waals surface area contributed by atoms with Crippen LogP contribution in [-0.4, -0.2) is 50.7 Å². The average Bonchev–Trinajstić information content (AvgIpc) is 2.59. The van der Waals surface area contributed by atoms with Crippen LogP contribution >= 0.6 is 0 Å². The third-order valence-electron chi connectivity index (χ3n) is 3.87. The predicted octanol–water partition coefficient (Wildman–Crippen LogP) is 1.87. The molecular weight excluding hydrogens is 286 g/mol. The second-order valence-electron chi connectivity index (χ2n) is 5.10. The van der Waals surface area contributed by atoms with Crippen LogP contribution in [0.4, 0.5) is 0 Å². The maximum atomic E-state index is 12.7. The van der Waals surface area contributed by atoms with Gasteiger partial charge in [0.2, 0.25) is 0 Å². The van der Waals surface area contributed by atoms with Crippen LogP contribution < -0.4 is 9.47 Å². The monoisotopic (exact) mass is 307 g/mol. The van der Waals surface area contributed by atoms with Gasteiger partial charge >= 0.3 is 5.97 Å². The maximum absolute atomic E-state index is 12.7. The molecule has 0 spiro atoms. The van der Waals surface area contributed by atoms with Gasteiger partial charge in [0, 0.05) is 12.1 Å². The highest BCUT2D eigenvalue weighted by Crippen LogP contribution is 2.29. The molecule has 22 heavy (non-hydrogen) atoms. The normalized spacial score (nSPS) is 17.8. The number of nitrogens with zero attached hydrogens (tertiary/aromatic N) is 1. The fourth-order valence-corrected chi connectivity index (χ4v) is 2.69. The molecule has 0 aliphatic carbocycles. The molecule has 1 unspecified atom stereocenters. The Morgan fingerprint density at radius 1 is 1.09 bits per heavy atom. The van der Waals surface area contributed by atoms with E-state index in [-0.39, 0.29) is 11.9 Å². The SMILES string of the molecule is COC(=O)C1CCCCN1C(=O)c1ccc(OC)c(OC)c1. The largest absolute Gasteiger partial charge is 0.493 e. The minimum atomic E-state index is -0.514. The van der Waals surface area contributed by atoms with Crippen LogP contribution in [0.2, 0.25) is 0 Å². The van der Waals surface area contributed by atoms with E-state index in [2.05, 4.69) is 0 Å². The smallest absolute Gasteiger partial charge is 0.328 e. The standard InChI is InChI=1S/C16H21NO5/c1-20-13-8-7-11(10-14(13)21-2)15(18)17-9-5-4-6-12(17)16(19)22-3/h7-8,10,12H,4-6,9H2,1-3H3. The number of hydrogen-bond acceptors (Lipinski definition) is 5. The van der Waals surface area contributed by atoms with Gasteiger partial charge in [0.1, 0.15) is 6.04 Å². The van der Waals surface area contributed by atoms with Gasteiger partial charge in [-0.3, -0.25) is 4.79 Å². The molecular formula is C16H21NO5. The molecule has 1 atom stereocenters. The lowest BCUT2D eigenvalue weighted by atomic mass is 10.0. The lowest BCUT2D eigenvalue weighted by Gasteiger charge is -2.33. The minimum Gasteiger partial charge on any atom is -0.493 e. The Hall–Kier alpha value is -2.24. The summed E-state index contributed by atoms with van der Waals surface area (Å²) in [6, 6.07) is 4.47. The molecule has 1 aliphatic rings. The highest BCUT2D eigenvalue weighted by Gasteiger charge is 2.33. The van der Waals surface area contributed by atoms with Gasteiger partial charge < -0.3 is 19.1 Å². The van der Waals surface area contributed by atoms with E-state index in [1.807, 2.05) is 0 Å². The molecule has 1 fully saturated rings. The van der Waals surface area contributed by atoms with Crippen LogP contribution in [0.5, 0.6) is 11.5 Å². The van der Waals surface area contributed by atoms with E-state index in [1.165, 1.54) is 21.3 Å². The Morgan fingerprint density at radius 3 is 2.45 bits per heavy atom. The second-order valence-corrected chi connectivity index (χ2v) is 5.10. The zero-order chi connectivity index (χ0) is 16.1. The van der Waals surface area contributed by atoms with Gasteiger partial charge in [0.25, 0.3) is 5.91 Å². The summed E-state index contributed by atoms with van der Waals surface area (Å²) in [5, 5.41) is 0. The molecule has 0 aromatic heterocycles. The molecule has 0 radical (unpaired) electrons. The summed E-state index contributed by atoms with van der Waals surface area (Å²) in [5.74, 6) is 0.478. The highest BCUT2D eigenvalue weighted by molar-refractivity contribution is 5.97. The van der Waals surface area contributed by atoms with Crippen LogP contribution in [0.1, 0.15) is 29.6 Å². The van der Waals surface area contributed by atoms with E-state index in [0.29, 0.717) is 30.0 Å². The molecule has 120 valence electrons. The fraction of sp³-hybridized carbons (Fsp3) is 0.500. The first-order valence-corrected chi connectivity index (χ1v) is 7.23. The Bertz CT molecular complexity index is 557. The molecule has 0 bridgehead atoms. The van der Waals surface area contributed by atoms with Crippen molar-refractivity contribution in [1.29, 1.82) is 0 Å². The van der Waals surface area contributed by atoms with Crippen LogP contribution in [0, 0.1) is 0 Å². The summed E-state index contributed by atoms with van der Waals surface area (Å²) in [6.45, 7) is 0.549. The number of ether oxygens (including phenoxy) is 3. The summed E-state index contributed by atoms with van der Waals surface area (Å²) in [5.41, 5.74) is 0.466. The van der Waals surface area contributed by atoms with Crippen molar-refractivity contribution < 1.29 is 23.8 Å². The van der Waals surface area contributed by atoms with E-state index in [0.717, 1.165) is 12.8 Å². The predicted molar refractivity (Wildman–Crippen MR) is 80.2 cm³/mol. The van der Waals surface area contributed by atoms with Crippen molar-refractivity contribution in [2.24, 2.45) is 0 Å². The Kier molecular flexibility index (Phi) is 5.25. The first-order chi connectivity index (χ1) is 10.6. The van der Waals surface area contributed by atoms with Gasteiger partial charge in [-0.2, -0.15) is 0 Å². The van der Waals surface area contributed by atoms with Crippen LogP contribution in [0.15, 0.2) is 18.2 Å². The lowest BCUT2D eigenvalue weighted by Crippen LogP contribution is -2.48. The van der Waals surface area contributed by atoms with Crippen LogP contribution in [0.3, 0.4) is 0 Å². The summed E-state index contributed by atoms with van der Waals surface area (Å²) in [6.07, 6.45) is 2.42. The molecule has 6 heteroatoms. The number of likely N-dealkylation sites (tertiary alicyclic amines) is 1. The zero-order valence-electron chi connectivity index (χ0n) is 13.1. The first-order valence-electron chi connectivity index (χ1n) is 7.23. The van der Waals surface area contributed by atoms with Crippen molar-refractivity contribution in [3.05, 3.63) is 23.8 Å². The minimum absolute atomic E-state index is 0.198. The number of carbonyl (C=O) groups is 2. The van der Waals surface area contributed by atoms with Crippen molar-refractivity contribution in [2.75, 3.05) is 27.9 Å². The van der Waals surface area contributed by atoms with Gasteiger partial charge in [0.05, 0.1) is 21.3 Å². The molecule has 1 saturated heterocycles. The lowest BCUT2D eigenvalue weighted by molar-refractivity contribution is -0.147. The van der Waals surface area contributed by atoms with Crippen molar-refractivity contribution in [3.63, 3.8) is 0 Å². The van der Waals surface area contributed by atoms with E-state index >= 15 is 0 Å². The molecule has 1 aromatic carbocycles. The number of esters is 1. The summed E-state index contributed by atoms with van der Waals surface area (Å²) in [7, 11) is 4.40. The number of methoxy groups -OCH3 is 3. The molecule has 6 nitrogen and oxygen atoms in total. The number of rotatable bonds is 4. The molecule has 1 aliphatic heterocycles. The van der Waals surface area contributed by atoms with Crippen molar-refractivity contribution in [3.8, 4) is 11.5 Å². The van der Waals surface area contributed by atoms with Gasteiger partial charge in [-0.15, -0.1) is 0 Å². The Labute approximate surface area is 129 Å². The first kappa shape index (κ1) is 16.1. The molecule has 2 rings (SSSR count). The summed E-state index contributed by atoms with van der Waals surface area (Å²) in [4.78, 5) is 26.2. The number of carbonyl (C=O) groups excluding carboxylic acids is 2. The zero-order valence-corrected chi connectivity index (χ0v) is 13.1. The van der Waals surface area contributed by atoms with E-state index in [1.54, 1.807) is 23.1 Å². The molecule has 0 saturated carbocycles. The summed E-state index contributed by atoms with van der Waals surface area (Å²) < 4.78 is 15.2. The van der Waals surface area contributed by atoms with Crippen molar-refractivity contribution in [2.45, 2.75) is 25.3 Å². The Morgan fingerprint density at radius 2 is 1.82 bits per heavy atom. The third kappa shape index (κ3) is 3.16. The van der Waals surface area contributed by atoms with Gasteiger partial charge in [-0.1, -0.05) is 0 Å². The van der Waals surface area contributed by atoms with Crippen LogP contribution in [-0.2, 0) is 9.53 Å². The van der Waals surface area contributed by atoms with Gasteiger partial charge in [-0.05, 0) is 37.5 Å². The van der Waals surface area contributed by atoms with Gasteiger partial charge in [0.15, 0.2) is 11.5 Å². The van der Waals surface area contributed by atoms with Crippen molar-refractivity contribution in [1.82, 2.24) is 4.90 Å². The topological polar surface area (TPSA) is 65.1 Å². The fourth-order valence-electron chi connectivity index (χ4n) is 2.69. The average molecular weight is 307 g/mol. The van der Waals surface area contributed by atoms with Crippen LogP contribution in [0.25, 0.3) is 0 Å². The second kappa shape index (κ2) is 7.15. The number of benzene rings is 1. The number of hydrogen-bond donors (Lipinski definition) is 0. The van der Waals surface area contributed by atoms with E-state index in [9.17, 15) is 9.59 Å². The summed E-state index contributed by atoms with van der Waals surface area (Å²) >= 11 is 0. The van der Waals surface area contributed by atoms with Gasteiger partial charge in [-0.25, -0.2) is 4.79 Å². The van der Waals surface area contributed by atoms with Crippen molar-refractivity contribution >= 4 is 11.9 Å². The molecule has 1 heterocycles. The third-order valence-corrected chi connectivity index (χ3v) is 3.87. The highest BCUT2D eigenvalue weighted by atomic mass is 16.5. The van der Waals surface area contributed by atoms with E-state index in [4.69, 9.17) is 14.2 Å². The maximum Gasteiger partial charge on any atom is 0.328 e. The quantitative estimate of drug-likeness (QED) is 0.795. The Balaban J connectivity index is 2.27. The number of piperidine rings is 1. The molecule has 1 amide bonds.